The molecule has 0 aliphatic heterocycles. The smallest absolute Gasteiger partial charge is 0.416 e. The minimum atomic E-state index is -4.50. The van der Waals surface area contributed by atoms with Crippen LogP contribution in [0.4, 0.5) is 13.2 Å². The standard InChI is InChI=1S/C19H17Cl2F3O4S/c1-10(18(25)26-3)29-11(2)27-17-9-13(5-6-14(17)20)28-16-7-4-12(8-15(16)21)19(22,23)24/h4-11H,1-3H3. The van der Waals surface area contributed by atoms with E-state index in [9.17, 15) is 18.0 Å². The van der Waals surface area contributed by atoms with E-state index in [4.69, 9.17) is 32.7 Å². The zero-order chi connectivity index (χ0) is 21.8. The van der Waals surface area contributed by atoms with Crippen molar-refractivity contribution in [2.45, 2.75) is 30.7 Å². The number of carbonyl (C=O) groups excluding carboxylic acids is 1. The number of thioether (sulfide) groups is 1. The van der Waals surface area contributed by atoms with Crippen LogP contribution in [0.2, 0.25) is 10.0 Å². The van der Waals surface area contributed by atoms with Crippen LogP contribution < -0.4 is 9.47 Å². The molecule has 0 radical (unpaired) electrons. The molecule has 10 heteroatoms. The third kappa shape index (κ3) is 6.62. The third-order valence-electron chi connectivity index (χ3n) is 3.61. The Hall–Kier alpha value is -1.77. The highest BCUT2D eigenvalue weighted by atomic mass is 35.5. The number of rotatable bonds is 7. The van der Waals surface area contributed by atoms with E-state index in [1.807, 2.05) is 0 Å². The molecule has 0 aliphatic carbocycles. The van der Waals surface area contributed by atoms with E-state index in [1.165, 1.54) is 37.1 Å². The molecule has 2 aromatic rings. The predicted octanol–water partition coefficient (Wildman–Crippen LogP) is 6.82. The zero-order valence-electron chi connectivity index (χ0n) is 15.5. The molecule has 29 heavy (non-hydrogen) atoms. The van der Waals surface area contributed by atoms with Gasteiger partial charge in [-0.2, -0.15) is 13.2 Å². The lowest BCUT2D eigenvalue weighted by Crippen LogP contribution is -2.20. The second kappa shape index (κ2) is 9.82. The van der Waals surface area contributed by atoms with Gasteiger partial charge in [-0.1, -0.05) is 23.2 Å². The Balaban J connectivity index is 2.14. The maximum atomic E-state index is 12.7. The van der Waals surface area contributed by atoms with Gasteiger partial charge >= 0.3 is 12.1 Å². The predicted molar refractivity (Wildman–Crippen MR) is 107 cm³/mol. The largest absolute Gasteiger partial charge is 0.478 e. The number of carbonyl (C=O) groups is 1. The molecular formula is C19H17Cl2F3O4S. The van der Waals surface area contributed by atoms with Gasteiger partial charge in [0.15, 0.2) is 0 Å². The molecule has 158 valence electrons. The molecule has 0 bridgehead atoms. The van der Waals surface area contributed by atoms with Gasteiger partial charge in [-0.3, -0.25) is 4.79 Å². The monoisotopic (exact) mass is 468 g/mol. The number of ether oxygens (including phenoxy) is 3. The van der Waals surface area contributed by atoms with Gasteiger partial charge in [-0.15, -0.1) is 11.8 Å². The number of halogens is 5. The quantitative estimate of drug-likeness (QED) is 0.329. The fraction of sp³-hybridized carbons (Fsp3) is 0.316. The minimum Gasteiger partial charge on any atom is -0.478 e. The van der Waals surface area contributed by atoms with E-state index in [1.54, 1.807) is 13.8 Å². The Morgan fingerprint density at radius 3 is 2.31 bits per heavy atom. The van der Waals surface area contributed by atoms with Gasteiger partial charge in [0, 0.05) is 6.07 Å². The van der Waals surface area contributed by atoms with Gasteiger partial charge in [0.05, 0.1) is 22.7 Å². The average molecular weight is 469 g/mol. The van der Waals surface area contributed by atoms with Crippen LogP contribution in [0, 0.1) is 0 Å². The molecule has 2 unspecified atom stereocenters. The Labute approximate surface area is 180 Å². The van der Waals surface area contributed by atoms with E-state index in [0.717, 1.165) is 18.2 Å². The first kappa shape index (κ1) is 23.5. The number of hydrogen-bond acceptors (Lipinski definition) is 5. The fourth-order valence-corrected chi connectivity index (χ4v) is 3.56. The van der Waals surface area contributed by atoms with Crippen molar-refractivity contribution in [2.24, 2.45) is 0 Å². The second-order valence-electron chi connectivity index (χ2n) is 5.82. The van der Waals surface area contributed by atoms with Gasteiger partial charge in [0.25, 0.3) is 0 Å². The van der Waals surface area contributed by atoms with Gasteiger partial charge < -0.3 is 14.2 Å². The summed E-state index contributed by atoms with van der Waals surface area (Å²) in [6.45, 7) is 3.42. The zero-order valence-corrected chi connectivity index (χ0v) is 17.9. The van der Waals surface area contributed by atoms with Crippen molar-refractivity contribution >= 4 is 40.9 Å². The first-order valence-electron chi connectivity index (χ1n) is 8.25. The molecule has 2 rings (SSSR count). The number of benzene rings is 2. The van der Waals surface area contributed by atoms with Gasteiger partial charge in [0.1, 0.15) is 27.9 Å². The summed E-state index contributed by atoms with van der Waals surface area (Å²) < 4.78 is 54.2. The van der Waals surface area contributed by atoms with Crippen LogP contribution >= 0.6 is 35.0 Å². The molecule has 0 N–H and O–H groups in total. The lowest BCUT2D eigenvalue weighted by molar-refractivity contribution is -0.139. The number of alkyl halides is 3. The summed E-state index contributed by atoms with van der Waals surface area (Å²) in [6, 6.07) is 7.33. The molecule has 2 atom stereocenters. The Morgan fingerprint density at radius 1 is 1.03 bits per heavy atom. The second-order valence-corrected chi connectivity index (χ2v) is 8.28. The van der Waals surface area contributed by atoms with Crippen molar-refractivity contribution in [3.63, 3.8) is 0 Å². The summed E-state index contributed by atoms with van der Waals surface area (Å²) in [6.07, 6.45) is -4.50. The van der Waals surface area contributed by atoms with Crippen LogP contribution in [0.15, 0.2) is 36.4 Å². The lowest BCUT2D eigenvalue weighted by Gasteiger charge is -2.19. The third-order valence-corrected chi connectivity index (χ3v) is 5.30. The van der Waals surface area contributed by atoms with Crippen molar-refractivity contribution in [1.82, 2.24) is 0 Å². The average Bonchev–Trinajstić information content (AvgIpc) is 2.64. The maximum Gasteiger partial charge on any atom is 0.416 e. The van der Waals surface area contributed by atoms with E-state index in [2.05, 4.69) is 4.74 Å². The van der Waals surface area contributed by atoms with Crippen LogP contribution in [0.1, 0.15) is 19.4 Å². The van der Waals surface area contributed by atoms with Gasteiger partial charge in [0.2, 0.25) is 0 Å². The van der Waals surface area contributed by atoms with Crippen molar-refractivity contribution in [3.05, 3.63) is 52.0 Å². The van der Waals surface area contributed by atoms with E-state index < -0.39 is 22.4 Å². The van der Waals surface area contributed by atoms with Crippen molar-refractivity contribution < 1.29 is 32.2 Å². The molecule has 0 heterocycles. The normalized spacial score (nSPS) is 13.5. The SMILES string of the molecule is COC(=O)C(C)SC(C)Oc1cc(Oc2ccc(C(F)(F)F)cc2Cl)ccc1Cl. The molecular weight excluding hydrogens is 452 g/mol. The first-order chi connectivity index (χ1) is 13.5. The summed E-state index contributed by atoms with van der Waals surface area (Å²) in [4.78, 5) is 11.5. The molecule has 4 nitrogen and oxygen atoms in total. The van der Waals surface area contributed by atoms with Crippen molar-refractivity contribution in [3.8, 4) is 17.2 Å². The molecule has 0 aromatic heterocycles. The maximum absolute atomic E-state index is 12.7. The molecule has 2 aromatic carbocycles. The van der Waals surface area contributed by atoms with Crippen molar-refractivity contribution in [1.29, 1.82) is 0 Å². The highest BCUT2D eigenvalue weighted by Crippen LogP contribution is 2.38. The van der Waals surface area contributed by atoms with Crippen LogP contribution in [0.3, 0.4) is 0 Å². The minimum absolute atomic E-state index is 0.0506. The highest BCUT2D eigenvalue weighted by Gasteiger charge is 2.31. The first-order valence-corrected chi connectivity index (χ1v) is 9.95. The number of methoxy groups -OCH3 is 1. The Bertz CT molecular complexity index is 877. The van der Waals surface area contributed by atoms with E-state index in [0.29, 0.717) is 5.02 Å². The highest BCUT2D eigenvalue weighted by molar-refractivity contribution is 8.01. The molecule has 0 fully saturated rings. The van der Waals surface area contributed by atoms with Crippen LogP contribution in [-0.2, 0) is 15.7 Å². The molecule has 0 aliphatic rings. The van der Waals surface area contributed by atoms with Crippen LogP contribution in [-0.4, -0.2) is 23.8 Å². The summed E-state index contributed by atoms with van der Waals surface area (Å²) in [5.74, 6) is 0.216. The number of hydrogen-bond donors (Lipinski definition) is 0. The topological polar surface area (TPSA) is 44.8 Å². The summed E-state index contributed by atoms with van der Waals surface area (Å²) >= 11 is 13.3. The molecule has 0 amide bonds. The number of esters is 1. The summed E-state index contributed by atoms with van der Waals surface area (Å²) in [7, 11) is 1.30. The van der Waals surface area contributed by atoms with Crippen LogP contribution in [0.5, 0.6) is 17.2 Å². The Morgan fingerprint density at radius 2 is 1.72 bits per heavy atom. The van der Waals surface area contributed by atoms with Crippen molar-refractivity contribution in [2.75, 3.05) is 7.11 Å². The lowest BCUT2D eigenvalue weighted by atomic mass is 10.2. The summed E-state index contributed by atoms with van der Waals surface area (Å²) in [5.41, 5.74) is -1.31. The molecule has 0 saturated heterocycles. The van der Waals surface area contributed by atoms with Crippen LogP contribution in [0.25, 0.3) is 0 Å². The summed E-state index contributed by atoms with van der Waals surface area (Å²) in [5, 5.41) is -0.332. The fourth-order valence-electron chi connectivity index (χ4n) is 2.24. The van der Waals surface area contributed by atoms with E-state index >= 15 is 0 Å². The van der Waals surface area contributed by atoms with Gasteiger partial charge in [-0.05, 0) is 44.2 Å². The Kier molecular flexibility index (Phi) is 7.96. The molecule has 0 saturated carbocycles. The molecule has 0 spiro atoms. The van der Waals surface area contributed by atoms with E-state index in [-0.39, 0.29) is 28.2 Å². The van der Waals surface area contributed by atoms with Gasteiger partial charge in [-0.25, -0.2) is 0 Å².